The van der Waals surface area contributed by atoms with Crippen LogP contribution in [0.5, 0.6) is 11.5 Å². The van der Waals surface area contributed by atoms with Crippen molar-refractivity contribution >= 4 is 11.8 Å². The molecule has 70 valence electrons. The van der Waals surface area contributed by atoms with Crippen LogP contribution >= 0.6 is 11.8 Å². The van der Waals surface area contributed by atoms with Crippen LogP contribution in [0, 0.1) is 0 Å². The van der Waals surface area contributed by atoms with Gasteiger partial charge in [0.25, 0.3) is 0 Å². The Morgan fingerprint density at radius 1 is 1.38 bits per heavy atom. The van der Waals surface area contributed by atoms with Crippen molar-refractivity contribution in [2.24, 2.45) is 0 Å². The third kappa shape index (κ3) is 1.59. The molecule has 0 bridgehead atoms. The van der Waals surface area contributed by atoms with Gasteiger partial charge in [-0.2, -0.15) is 0 Å². The first-order valence-corrected chi connectivity index (χ1v) is 5.20. The highest BCUT2D eigenvalue weighted by atomic mass is 32.2. The van der Waals surface area contributed by atoms with Crippen LogP contribution in [0.25, 0.3) is 0 Å². The molecule has 1 heterocycles. The highest BCUT2D eigenvalue weighted by molar-refractivity contribution is 7.99. The van der Waals surface area contributed by atoms with E-state index < -0.39 is 0 Å². The first-order valence-electron chi connectivity index (χ1n) is 4.15. The van der Waals surface area contributed by atoms with Gasteiger partial charge >= 0.3 is 0 Å². The second-order valence-electron chi connectivity index (χ2n) is 2.92. The molecule has 1 aliphatic rings. The van der Waals surface area contributed by atoms with Crippen molar-refractivity contribution in [3.8, 4) is 11.5 Å². The summed E-state index contributed by atoms with van der Waals surface area (Å²) in [5, 5.41) is 22.2. The molecule has 4 heteroatoms. The normalized spacial score (nSPS) is 22.0. The van der Waals surface area contributed by atoms with Crippen molar-refractivity contribution in [1.82, 2.24) is 5.32 Å². The lowest BCUT2D eigenvalue weighted by atomic mass is 10.2. The minimum atomic E-state index is -0.0493. The molecular formula is C9H11NO2S. The number of para-hydroxylation sites is 1. The van der Waals surface area contributed by atoms with E-state index in [1.807, 2.05) is 6.07 Å². The topological polar surface area (TPSA) is 52.5 Å². The highest BCUT2D eigenvalue weighted by Gasteiger charge is 2.20. The van der Waals surface area contributed by atoms with Gasteiger partial charge in [0, 0.05) is 17.9 Å². The molecule has 0 amide bonds. The molecule has 1 atom stereocenters. The lowest BCUT2D eigenvalue weighted by Gasteiger charge is -2.11. The van der Waals surface area contributed by atoms with Gasteiger partial charge in [-0.1, -0.05) is 12.1 Å². The monoisotopic (exact) mass is 197 g/mol. The smallest absolute Gasteiger partial charge is 0.163 e. The summed E-state index contributed by atoms with van der Waals surface area (Å²) in [6.45, 7) is 0.949. The molecule has 2 rings (SSSR count). The highest BCUT2D eigenvalue weighted by Crippen LogP contribution is 2.39. The number of phenols is 2. The van der Waals surface area contributed by atoms with E-state index in [9.17, 15) is 10.2 Å². The van der Waals surface area contributed by atoms with E-state index in [-0.39, 0.29) is 16.9 Å². The van der Waals surface area contributed by atoms with Crippen LogP contribution in [-0.4, -0.2) is 22.5 Å². The number of hydrogen-bond donors (Lipinski definition) is 3. The van der Waals surface area contributed by atoms with Crippen LogP contribution in [-0.2, 0) is 0 Å². The van der Waals surface area contributed by atoms with Crippen LogP contribution in [0.1, 0.15) is 10.9 Å². The second kappa shape index (κ2) is 3.47. The number of aromatic hydroxyl groups is 2. The molecule has 0 spiro atoms. The van der Waals surface area contributed by atoms with Gasteiger partial charge in [-0.15, -0.1) is 11.8 Å². The molecule has 0 aliphatic carbocycles. The Morgan fingerprint density at radius 2 is 2.23 bits per heavy atom. The minimum absolute atomic E-state index is 0.00519. The van der Waals surface area contributed by atoms with Crippen LogP contribution in [0.4, 0.5) is 0 Å². The lowest BCUT2D eigenvalue weighted by Crippen LogP contribution is -2.11. The van der Waals surface area contributed by atoms with Gasteiger partial charge in [-0.3, -0.25) is 0 Å². The molecule has 1 unspecified atom stereocenters. The number of thioether (sulfide) groups is 1. The molecule has 3 nitrogen and oxygen atoms in total. The zero-order valence-electron chi connectivity index (χ0n) is 7.03. The van der Waals surface area contributed by atoms with E-state index in [0.717, 1.165) is 17.9 Å². The van der Waals surface area contributed by atoms with Gasteiger partial charge in [-0.05, 0) is 6.07 Å². The van der Waals surface area contributed by atoms with Crippen molar-refractivity contribution in [3.63, 3.8) is 0 Å². The van der Waals surface area contributed by atoms with Crippen molar-refractivity contribution < 1.29 is 10.2 Å². The average molecular weight is 197 g/mol. The van der Waals surface area contributed by atoms with E-state index in [1.165, 1.54) is 6.07 Å². The SMILES string of the molecule is Oc1cccc(C2NCCS2)c1O. The average Bonchev–Trinajstić information content (AvgIpc) is 2.62. The third-order valence-electron chi connectivity index (χ3n) is 2.04. The number of rotatable bonds is 1. The van der Waals surface area contributed by atoms with Crippen LogP contribution in [0.15, 0.2) is 18.2 Å². The van der Waals surface area contributed by atoms with Crippen molar-refractivity contribution in [2.75, 3.05) is 12.3 Å². The van der Waals surface area contributed by atoms with Gasteiger partial charge in [-0.25, -0.2) is 0 Å². The zero-order chi connectivity index (χ0) is 9.26. The van der Waals surface area contributed by atoms with Gasteiger partial charge in [0.2, 0.25) is 0 Å². The maximum atomic E-state index is 9.55. The maximum absolute atomic E-state index is 9.55. The maximum Gasteiger partial charge on any atom is 0.163 e. The molecule has 1 aliphatic heterocycles. The Labute approximate surface area is 80.8 Å². The minimum Gasteiger partial charge on any atom is -0.504 e. The van der Waals surface area contributed by atoms with Crippen LogP contribution in [0.3, 0.4) is 0 Å². The zero-order valence-corrected chi connectivity index (χ0v) is 7.84. The van der Waals surface area contributed by atoms with Gasteiger partial charge in [0.1, 0.15) is 0 Å². The standard InChI is InChI=1S/C9H11NO2S/c11-7-3-1-2-6(8(7)12)9-10-4-5-13-9/h1-3,9-12H,4-5H2. The van der Waals surface area contributed by atoms with Gasteiger partial charge in [0.15, 0.2) is 11.5 Å². The van der Waals surface area contributed by atoms with Gasteiger partial charge in [0.05, 0.1) is 5.37 Å². The summed E-state index contributed by atoms with van der Waals surface area (Å²) in [5.74, 6) is 0.987. The fraction of sp³-hybridized carbons (Fsp3) is 0.333. The van der Waals surface area contributed by atoms with Gasteiger partial charge < -0.3 is 15.5 Å². The molecule has 1 aromatic rings. The molecule has 0 radical (unpaired) electrons. The Balaban J connectivity index is 2.33. The number of nitrogens with one attached hydrogen (secondary N) is 1. The Kier molecular flexibility index (Phi) is 2.33. The van der Waals surface area contributed by atoms with E-state index in [0.29, 0.717) is 0 Å². The molecule has 3 N–H and O–H groups in total. The van der Waals surface area contributed by atoms with Crippen LogP contribution < -0.4 is 5.32 Å². The first kappa shape index (κ1) is 8.72. The van der Waals surface area contributed by atoms with Crippen LogP contribution in [0.2, 0.25) is 0 Å². The second-order valence-corrected chi connectivity index (χ2v) is 4.13. The van der Waals surface area contributed by atoms with Crippen molar-refractivity contribution in [2.45, 2.75) is 5.37 Å². The predicted molar refractivity (Wildman–Crippen MR) is 53.0 cm³/mol. The summed E-state index contributed by atoms with van der Waals surface area (Å²) in [4.78, 5) is 0. The summed E-state index contributed by atoms with van der Waals surface area (Å²) >= 11 is 1.74. The summed E-state index contributed by atoms with van der Waals surface area (Å²) in [5.41, 5.74) is 0.766. The number of phenolic OH excluding ortho intramolecular Hbond substituents is 2. The summed E-state index contributed by atoms with van der Waals surface area (Å²) in [7, 11) is 0. The Morgan fingerprint density at radius 3 is 2.92 bits per heavy atom. The fourth-order valence-corrected chi connectivity index (χ4v) is 2.46. The van der Waals surface area contributed by atoms with E-state index in [1.54, 1.807) is 17.8 Å². The number of hydrogen-bond acceptors (Lipinski definition) is 4. The van der Waals surface area contributed by atoms with E-state index in [4.69, 9.17) is 0 Å². The Hall–Kier alpha value is -0.870. The van der Waals surface area contributed by atoms with Crippen molar-refractivity contribution in [3.05, 3.63) is 23.8 Å². The molecular weight excluding hydrogens is 186 g/mol. The quantitative estimate of drug-likeness (QED) is 0.596. The summed E-state index contributed by atoms with van der Waals surface area (Å²) in [6, 6.07) is 5.05. The molecule has 1 saturated heterocycles. The Bertz CT molecular complexity index is 310. The first-order chi connectivity index (χ1) is 6.29. The summed E-state index contributed by atoms with van der Waals surface area (Å²) < 4.78 is 0. The number of benzene rings is 1. The molecule has 0 saturated carbocycles. The third-order valence-corrected chi connectivity index (χ3v) is 3.24. The van der Waals surface area contributed by atoms with Crippen molar-refractivity contribution in [1.29, 1.82) is 0 Å². The predicted octanol–water partition coefficient (Wildman–Crippen LogP) is 1.43. The molecule has 13 heavy (non-hydrogen) atoms. The summed E-state index contributed by atoms with van der Waals surface area (Å²) in [6.07, 6.45) is 0. The molecule has 0 aromatic heterocycles. The largest absolute Gasteiger partial charge is 0.504 e. The molecule has 1 fully saturated rings. The van der Waals surface area contributed by atoms with E-state index >= 15 is 0 Å². The molecule has 1 aromatic carbocycles. The lowest BCUT2D eigenvalue weighted by molar-refractivity contribution is 0.398. The van der Waals surface area contributed by atoms with E-state index in [2.05, 4.69) is 5.32 Å². The fourth-order valence-electron chi connectivity index (χ4n) is 1.39.